The summed E-state index contributed by atoms with van der Waals surface area (Å²) in [4.78, 5) is 13.5. The number of aromatic nitrogens is 1. The summed E-state index contributed by atoms with van der Waals surface area (Å²) in [6, 6.07) is 12.3. The van der Waals surface area contributed by atoms with E-state index < -0.39 is 5.82 Å². The number of rotatable bonds is 4. The molecule has 2 aromatic rings. The SMILES string of the molecule is CN(CCn1cc(F)ccc1=O)c1ccccc1. The summed E-state index contributed by atoms with van der Waals surface area (Å²) in [5.74, 6) is -0.392. The second-order valence-electron chi connectivity index (χ2n) is 4.14. The molecule has 0 spiro atoms. The number of hydrogen-bond acceptors (Lipinski definition) is 2. The van der Waals surface area contributed by atoms with Gasteiger partial charge in [-0.2, -0.15) is 0 Å². The van der Waals surface area contributed by atoms with Crippen molar-refractivity contribution in [1.82, 2.24) is 4.57 Å². The number of anilines is 1. The van der Waals surface area contributed by atoms with E-state index in [0.29, 0.717) is 13.1 Å². The van der Waals surface area contributed by atoms with Crippen LogP contribution >= 0.6 is 0 Å². The van der Waals surface area contributed by atoms with E-state index in [1.807, 2.05) is 42.3 Å². The lowest BCUT2D eigenvalue weighted by atomic mass is 10.3. The van der Waals surface area contributed by atoms with Gasteiger partial charge in [-0.25, -0.2) is 4.39 Å². The molecule has 2 rings (SSSR count). The van der Waals surface area contributed by atoms with Crippen molar-refractivity contribution in [1.29, 1.82) is 0 Å². The van der Waals surface area contributed by atoms with Gasteiger partial charge in [-0.3, -0.25) is 4.79 Å². The molecule has 0 saturated carbocycles. The van der Waals surface area contributed by atoms with E-state index in [1.54, 1.807) is 0 Å². The van der Waals surface area contributed by atoms with Crippen LogP contribution in [0.1, 0.15) is 0 Å². The molecule has 3 nitrogen and oxygen atoms in total. The van der Waals surface area contributed by atoms with Crippen LogP contribution in [0.15, 0.2) is 53.5 Å². The summed E-state index contributed by atoms with van der Waals surface area (Å²) in [6.07, 6.45) is 1.24. The van der Waals surface area contributed by atoms with E-state index in [9.17, 15) is 9.18 Å². The first-order chi connectivity index (χ1) is 8.66. The highest BCUT2D eigenvalue weighted by atomic mass is 19.1. The minimum Gasteiger partial charge on any atom is -0.373 e. The predicted octanol–water partition coefficient (Wildman–Crippen LogP) is 2.12. The van der Waals surface area contributed by atoms with E-state index in [1.165, 1.54) is 22.9 Å². The number of benzene rings is 1. The van der Waals surface area contributed by atoms with Gasteiger partial charge in [0.2, 0.25) is 0 Å². The summed E-state index contributed by atoms with van der Waals surface area (Å²) in [5, 5.41) is 0. The Morgan fingerprint density at radius 1 is 1.17 bits per heavy atom. The highest BCUT2D eigenvalue weighted by Crippen LogP contribution is 2.10. The van der Waals surface area contributed by atoms with Gasteiger partial charge in [-0.1, -0.05) is 18.2 Å². The summed E-state index contributed by atoms with van der Waals surface area (Å²) < 4.78 is 14.4. The lowest BCUT2D eigenvalue weighted by Gasteiger charge is -2.19. The van der Waals surface area contributed by atoms with Gasteiger partial charge in [0.25, 0.3) is 5.56 Å². The van der Waals surface area contributed by atoms with Crippen LogP contribution in [0.3, 0.4) is 0 Å². The van der Waals surface area contributed by atoms with Crippen molar-refractivity contribution >= 4 is 5.69 Å². The molecular formula is C14H15FN2O. The molecule has 0 saturated heterocycles. The Morgan fingerprint density at radius 2 is 1.89 bits per heavy atom. The first-order valence-electron chi connectivity index (χ1n) is 5.79. The normalized spacial score (nSPS) is 10.3. The van der Waals surface area contributed by atoms with Gasteiger partial charge in [0.15, 0.2) is 0 Å². The molecule has 1 heterocycles. The van der Waals surface area contributed by atoms with Crippen molar-refractivity contribution in [3.8, 4) is 0 Å². The molecule has 0 atom stereocenters. The van der Waals surface area contributed by atoms with Gasteiger partial charge >= 0.3 is 0 Å². The van der Waals surface area contributed by atoms with Gasteiger partial charge in [0.05, 0.1) is 0 Å². The minimum absolute atomic E-state index is 0.183. The number of likely N-dealkylation sites (N-methyl/N-ethyl adjacent to an activating group) is 1. The molecule has 0 bridgehead atoms. The van der Waals surface area contributed by atoms with E-state index in [4.69, 9.17) is 0 Å². The lowest BCUT2D eigenvalue weighted by molar-refractivity contribution is 0.579. The first kappa shape index (κ1) is 12.4. The van der Waals surface area contributed by atoms with Crippen LogP contribution in [0.5, 0.6) is 0 Å². The molecular weight excluding hydrogens is 231 g/mol. The molecule has 4 heteroatoms. The Kier molecular flexibility index (Phi) is 3.77. The van der Waals surface area contributed by atoms with Crippen molar-refractivity contribution in [3.05, 3.63) is 64.8 Å². The molecule has 0 aliphatic carbocycles. The summed E-state index contributed by atoms with van der Waals surface area (Å²) in [5.41, 5.74) is 0.889. The monoisotopic (exact) mass is 246 g/mol. The quantitative estimate of drug-likeness (QED) is 0.825. The average Bonchev–Trinajstić information content (AvgIpc) is 2.40. The van der Waals surface area contributed by atoms with E-state index in [2.05, 4.69) is 0 Å². The fourth-order valence-electron chi connectivity index (χ4n) is 1.75. The zero-order chi connectivity index (χ0) is 13.0. The zero-order valence-electron chi connectivity index (χ0n) is 10.2. The highest BCUT2D eigenvalue weighted by Gasteiger charge is 2.02. The van der Waals surface area contributed by atoms with Crippen LogP contribution in [0.2, 0.25) is 0 Å². The van der Waals surface area contributed by atoms with Crippen molar-refractivity contribution < 1.29 is 4.39 Å². The fraction of sp³-hybridized carbons (Fsp3) is 0.214. The molecule has 0 fully saturated rings. The summed E-state index contributed by atoms with van der Waals surface area (Å²) in [7, 11) is 1.94. The van der Waals surface area contributed by atoms with Gasteiger partial charge in [0, 0.05) is 38.1 Å². The summed E-state index contributed by atoms with van der Waals surface area (Å²) >= 11 is 0. The zero-order valence-corrected chi connectivity index (χ0v) is 10.2. The molecule has 0 radical (unpaired) electrons. The van der Waals surface area contributed by atoms with Crippen LogP contribution in [0, 0.1) is 5.82 Å². The Balaban J connectivity index is 2.04. The van der Waals surface area contributed by atoms with Crippen molar-refractivity contribution in [2.45, 2.75) is 6.54 Å². The topological polar surface area (TPSA) is 25.2 Å². The second kappa shape index (κ2) is 5.49. The van der Waals surface area contributed by atoms with Gasteiger partial charge in [0.1, 0.15) is 5.82 Å². The largest absolute Gasteiger partial charge is 0.373 e. The van der Waals surface area contributed by atoms with E-state index in [-0.39, 0.29) is 5.56 Å². The fourth-order valence-corrected chi connectivity index (χ4v) is 1.75. The molecule has 0 aliphatic rings. The molecule has 0 unspecified atom stereocenters. The number of hydrogen-bond donors (Lipinski definition) is 0. The van der Waals surface area contributed by atoms with Gasteiger partial charge in [-0.15, -0.1) is 0 Å². The van der Waals surface area contributed by atoms with Crippen LogP contribution in [0.4, 0.5) is 10.1 Å². The smallest absolute Gasteiger partial charge is 0.250 e. The van der Waals surface area contributed by atoms with Gasteiger partial charge in [-0.05, 0) is 18.2 Å². The van der Waals surface area contributed by atoms with Crippen molar-refractivity contribution in [3.63, 3.8) is 0 Å². The van der Waals surface area contributed by atoms with E-state index in [0.717, 1.165) is 5.69 Å². The predicted molar refractivity (Wildman–Crippen MR) is 70.4 cm³/mol. The third-order valence-electron chi connectivity index (χ3n) is 2.82. The molecule has 18 heavy (non-hydrogen) atoms. The highest BCUT2D eigenvalue weighted by molar-refractivity contribution is 5.44. The minimum atomic E-state index is -0.392. The van der Waals surface area contributed by atoms with Crippen LogP contribution in [-0.2, 0) is 6.54 Å². The number of nitrogens with zero attached hydrogens (tertiary/aromatic N) is 2. The Hall–Kier alpha value is -2.10. The van der Waals surface area contributed by atoms with Crippen molar-refractivity contribution in [2.24, 2.45) is 0 Å². The van der Waals surface area contributed by atoms with E-state index >= 15 is 0 Å². The Labute approximate surface area is 105 Å². The first-order valence-corrected chi connectivity index (χ1v) is 5.79. The average molecular weight is 246 g/mol. The molecule has 1 aromatic heterocycles. The second-order valence-corrected chi connectivity index (χ2v) is 4.14. The Bertz CT molecular complexity index is 566. The molecule has 0 amide bonds. The third-order valence-corrected chi connectivity index (χ3v) is 2.82. The third kappa shape index (κ3) is 2.97. The maximum absolute atomic E-state index is 13.0. The van der Waals surface area contributed by atoms with Crippen LogP contribution in [-0.4, -0.2) is 18.2 Å². The molecule has 0 N–H and O–H groups in total. The molecule has 94 valence electrons. The Morgan fingerprint density at radius 3 is 2.61 bits per heavy atom. The van der Waals surface area contributed by atoms with Crippen LogP contribution in [0.25, 0.3) is 0 Å². The lowest BCUT2D eigenvalue weighted by Crippen LogP contribution is -2.28. The van der Waals surface area contributed by atoms with Gasteiger partial charge < -0.3 is 9.47 Å². The maximum atomic E-state index is 13.0. The standard InChI is InChI=1S/C14H15FN2O/c1-16(13-5-3-2-4-6-13)9-10-17-11-12(15)7-8-14(17)18/h2-8,11H,9-10H2,1H3. The van der Waals surface area contributed by atoms with Crippen LogP contribution < -0.4 is 10.5 Å². The number of halogens is 1. The van der Waals surface area contributed by atoms with Crippen molar-refractivity contribution in [2.75, 3.05) is 18.5 Å². The maximum Gasteiger partial charge on any atom is 0.250 e. The molecule has 0 aliphatic heterocycles. The summed E-state index contributed by atoms with van der Waals surface area (Å²) in [6.45, 7) is 1.11. The number of pyridine rings is 1. The molecule has 1 aromatic carbocycles. The number of para-hydroxylation sites is 1.